The molecule has 2 N–H and O–H groups in total. The Balaban J connectivity index is 2.11. The molecule has 0 heterocycles. The van der Waals surface area contributed by atoms with Crippen molar-refractivity contribution in [3.05, 3.63) is 54.1 Å². The number of hydrogen-bond acceptors (Lipinski definition) is 2. The number of amides is 1. The van der Waals surface area contributed by atoms with E-state index in [1.807, 2.05) is 42.5 Å². The summed E-state index contributed by atoms with van der Waals surface area (Å²) < 4.78 is 0. The van der Waals surface area contributed by atoms with Crippen molar-refractivity contribution in [2.24, 2.45) is 0 Å². The van der Waals surface area contributed by atoms with Crippen molar-refractivity contribution >= 4 is 23.0 Å². The summed E-state index contributed by atoms with van der Waals surface area (Å²) >= 11 is 0. The summed E-state index contributed by atoms with van der Waals surface area (Å²) in [6.07, 6.45) is 0. The molecule has 18 heavy (non-hydrogen) atoms. The van der Waals surface area contributed by atoms with Crippen molar-refractivity contribution in [2.75, 3.05) is 10.6 Å². The maximum atomic E-state index is 10.9. The highest BCUT2D eigenvalue weighted by Crippen LogP contribution is 2.21. The molecule has 0 saturated heterocycles. The zero-order valence-corrected chi connectivity index (χ0v) is 10.5. The van der Waals surface area contributed by atoms with Crippen LogP contribution >= 0.6 is 0 Å². The van der Waals surface area contributed by atoms with E-state index in [0.29, 0.717) is 0 Å². The molecule has 0 bridgehead atoms. The molecule has 0 aliphatic carbocycles. The minimum absolute atomic E-state index is 0.0605. The minimum atomic E-state index is -0.0605. The molecule has 1 amide bonds. The molecular formula is C15H16N2O. The van der Waals surface area contributed by atoms with Gasteiger partial charge in [-0.15, -0.1) is 0 Å². The van der Waals surface area contributed by atoms with E-state index in [4.69, 9.17) is 0 Å². The van der Waals surface area contributed by atoms with Gasteiger partial charge in [0.25, 0.3) is 0 Å². The van der Waals surface area contributed by atoms with Gasteiger partial charge in [0.15, 0.2) is 0 Å². The van der Waals surface area contributed by atoms with E-state index < -0.39 is 0 Å². The normalized spacial score (nSPS) is 9.89. The number of aryl methyl sites for hydroxylation is 1. The number of benzene rings is 2. The van der Waals surface area contributed by atoms with Crippen LogP contribution in [0.5, 0.6) is 0 Å². The van der Waals surface area contributed by atoms with Gasteiger partial charge >= 0.3 is 0 Å². The van der Waals surface area contributed by atoms with Crippen LogP contribution in [0.2, 0.25) is 0 Å². The fourth-order valence-electron chi connectivity index (χ4n) is 1.71. The number of anilines is 3. The smallest absolute Gasteiger partial charge is 0.221 e. The van der Waals surface area contributed by atoms with Gasteiger partial charge < -0.3 is 10.6 Å². The Bertz CT molecular complexity index is 547. The average molecular weight is 240 g/mol. The number of hydrogen-bond donors (Lipinski definition) is 2. The molecule has 0 spiro atoms. The van der Waals surface area contributed by atoms with Crippen molar-refractivity contribution in [3.8, 4) is 0 Å². The van der Waals surface area contributed by atoms with Crippen LogP contribution in [-0.2, 0) is 4.79 Å². The molecular weight excluding hydrogens is 224 g/mol. The summed E-state index contributed by atoms with van der Waals surface area (Å²) in [7, 11) is 0. The van der Waals surface area contributed by atoms with Crippen molar-refractivity contribution in [2.45, 2.75) is 13.8 Å². The van der Waals surface area contributed by atoms with E-state index in [1.165, 1.54) is 12.5 Å². The highest BCUT2D eigenvalue weighted by molar-refractivity contribution is 5.88. The minimum Gasteiger partial charge on any atom is -0.355 e. The Labute approximate surface area is 107 Å². The SMILES string of the molecule is CC(=O)Nc1ccc(Nc2ccccc2C)cc1. The molecule has 2 rings (SSSR count). The fourth-order valence-corrected chi connectivity index (χ4v) is 1.71. The van der Waals surface area contributed by atoms with Crippen molar-refractivity contribution in [1.29, 1.82) is 0 Å². The van der Waals surface area contributed by atoms with E-state index in [-0.39, 0.29) is 5.91 Å². The van der Waals surface area contributed by atoms with E-state index in [1.54, 1.807) is 0 Å². The molecule has 0 saturated carbocycles. The summed E-state index contributed by atoms with van der Waals surface area (Å²) in [5, 5.41) is 6.08. The van der Waals surface area contributed by atoms with Crippen LogP contribution in [0.4, 0.5) is 17.1 Å². The van der Waals surface area contributed by atoms with Crippen LogP contribution in [0.3, 0.4) is 0 Å². The summed E-state index contributed by atoms with van der Waals surface area (Å²) in [6.45, 7) is 3.56. The maximum Gasteiger partial charge on any atom is 0.221 e. The van der Waals surface area contributed by atoms with Crippen LogP contribution in [-0.4, -0.2) is 5.91 Å². The van der Waals surface area contributed by atoms with Crippen LogP contribution < -0.4 is 10.6 Å². The van der Waals surface area contributed by atoms with Gasteiger partial charge in [-0.3, -0.25) is 4.79 Å². The second-order valence-corrected chi connectivity index (χ2v) is 4.20. The second kappa shape index (κ2) is 5.36. The predicted octanol–water partition coefficient (Wildman–Crippen LogP) is 3.70. The maximum absolute atomic E-state index is 10.9. The largest absolute Gasteiger partial charge is 0.355 e. The van der Waals surface area contributed by atoms with Gasteiger partial charge in [-0.25, -0.2) is 0 Å². The summed E-state index contributed by atoms with van der Waals surface area (Å²) in [5.74, 6) is -0.0605. The molecule has 3 nitrogen and oxygen atoms in total. The number of carbonyl (C=O) groups is 1. The standard InChI is InChI=1S/C15H16N2O/c1-11-5-3-4-6-15(11)17-14-9-7-13(8-10-14)16-12(2)18/h3-10,17H,1-2H3,(H,16,18). The second-order valence-electron chi connectivity index (χ2n) is 4.20. The lowest BCUT2D eigenvalue weighted by atomic mass is 10.2. The Morgan fingerprint density at radius 2 is 1.56 bits per heavy atom. The molecule has 92 valence electrons. The Morgan fingerprint density at radius 1 is 0.944 bits per heavy atom. The highest BCUT2D eigenvalue weighted by Gasteiger charge is 1.99. The van der Waals surface area contributed by atoms with Crippen molar-refractivity contribution in [3.63, 3.8) is 0 Å². The van der Waals surface area contributed by atoms with Gasteiger partial charge in [-0.1, -0.05) is 18.2 Å². The molecule has 0 atom stereocenters. The van der Waals surface area contributed by atoms with Gasteiger partial charge in [0.2, 0.25) is 5.91 Å². The number of carbonyl (C=O) groups excluding carboxylic acids is 1. The van der Waals surface area contributed by atoms with Gasteiger partial charge in [-0.2, -0.15) is 0 Å². The first-order valence-corrected chi connectivity index (χ1v) is 5.85. The number of nitrogens with one attached hydrogen (secondary N) is 2. The number of rotatable bonds is 3. The monoisotopic (exact) mass is 240 g/mol. The van der Waals surface area contributed by atoms with Crippen LogP contribution in [0.15, 0.2) is 48.5 Å². The van der Waals surface area contributed by atoms with Crippen molar-refractivity contribution in [1.82, 2.24) is 0 Å². The van der Waals surface area contributed by atoms with Gasteiger partial charge in [0.1, 0.15) is 0 Å². The molecule has 0 aliphatic heterocycles. The highest BCUT2D eigenvalue weighted by atomic mass is 16.1. The van der Waals surface area contributed by atoms with Crippen LogP contribution in [0.25, 0.3) is 0 Å². The first-order chi connectivity index (χ1) is 8.65. The molecule has 0 aliphatic rings. The molecule has 0 radical (unpaired) electrons. The molecule has 2 aromatic rings. The molecule has 3 heteroatoms. The van der Waals surface area contributed by atoms with E-state index in [2.05, 4.69) is 23.6 Å². The van der Waals surface area contributed by atoms with Crippen molar-refractivity contribution < 1.29 is 4.79 Å². The third kappa shape index (κ3) is 3.10. The fraction of sp³-hybridized carbons (Fsp3) is 0.133. The predicted molar refractivity (Wildman–Crippen MR) is 75.2 cm³/mol. The van der Waals surface area contributed by atoms with Crippen LogP contribution in [0.1, 0.15) is 12.5 Å². The number of para-hydroxylation sites is 1. The lowest BCUT2D eigenvalue weighted by Gasteiger charge is -2.10. The third-order valence-corrected chi connectivity index (χ3v) is 2.63. The first-order valence-electron chi connectivity index (χ1n) is 5.85. The van der Waals surface area contributed by atoms with Gasteiger partial charge in [-0.05, 0) is 42.8 Å². The van der Waals surface area contributed by atoms with E-state index >= 15 is 0 Å². The summed E-state index contributed by atoms with van der Waals surface area (Å²) in [6, 6.07) is 15.8. The lowest BCUT2D eigenvalue weighted by molar-refractivity contribution is -0.114. The van der Waals surface area contributed by atoms with Gasteiger partial charge in [0.05, 0.1) is 0 Å². The average Bonchev–Trinajstić information content (AvgIpc) is 2.34. The van der Waals surface area contributed by atoms with E-state index in [0.717, 1.165) is 17.1 Å². The summed E-state index contributed by atoms with van der Waals surface area (Å²) in [4.78, 5) is 10.9. The Kier molecular flexibility index (Phi) is 3.63. The summed E-state index contributed by atoms with van der Waals surface area (Å²) in [5.41, 5.74) is 4.09. The third-order valence-electron chi connectivity index (χ3n) is 2.63. The van der Waals surface area contributed by atoms with Crippen LogP contribution in [0, 0.1) is 6.92 Å². The van der Waals surface area contributed by atoms with E-state index in [9.17, 15) is 4.79 Å². The molecule has 0 fully saturated rings. The lowest BCUT2D eigenvalue weighted by Crippen LogP contribution is -2.05. The van der Waals surface area contributed by atoms with Gasteiger partial charge in [0, 0.05) is 24.0 Å². The quantitative estimate of drug-likeness (QED) is 0.859. The first kappa shape index (κ1) is 12.2. The Morgan fingerprint density at radius 3 is 2.17 bits per heavy atom. The molecule has 2 aromatic carbocycles. The molecule has 0 aromatic heterocycles. The Hall–Kier alpha value is -2.29. The zero-order chi connectivity index (χ0) is 13.0. The topological polar surface area (TPSA) is 41.1 Å². The zero-order valence-electron chi connectivity index (χ0n) is 10.5. The molecule has 0 unspecified atom stereocenters.